The van der Waals surface area contributed by atoms with E-state index in [0.29, 0.717) is 17.6 Å². The lowest BCUT2D eigenvalue weighted by Crippen LogP contribution is -2.03. The third kappa shape index (κ3) is 2.64. The number of hydrogen-bond donors (Lipinski definition) is 0. The van der Waals surface area contributed by atoms with Crippen molar-refractivity contribution in [3.63, 3.8) is 0 Å². The Morgan fingerprint density at radius 3 is 2.53 bits per heavy atom. The second-order valence-corrected chi connectivity index (χ2v) is 4.44. The predicted molar refractivity (Wildman–Crippen MR) is 70.9 cm³/mol. The van der Waals surface area contributed by atoms with Crippen LogP contribution in [0.3, 0.4) is 0 Å². The molecule has 1 aromatic heterocycles. The number of rotatable bonds is 3. The lowest BCUT2D eigenvalue weighted by molar-refractivity contribution is 0.0601. The zero-order valence-corrected chi connectivity index (χ0v) is 11.3. The summed E-state index contributed by atoms with van der Waals surface area (Å²) in [5, 5.41) is 0.501. The molecule has 98 valence electrons. The minimum absolute atomic E-state index is 0.150. The molecule has 0 saturated carbocycles. The number of ether oxygens (including phenoxy) is 1. The molecule has 0 N–H and O–H groups in total. The third-order valence-electron chi connectivity index (χ3n) is 2.47. The molecule has 0 unspecified atom stereocenters. The van der Waals surface area contributed by atoms with E-state index in [1.807, 2.05) is 0 Å². The molecule has 2 aromatic rings. The van der Waals surface area contributed by atoms with Gasteiger partial charge in [-0.25, -0.2) is 4.79 Å². The van der Waals surface area contributed by atoms with E-state index in [0.717, 1.165) is 0 Å². The van der Waals surface area contributed by atoms with E-state index in [2.05, 4.69) is 4.74 Å². The lowest BCUT2D eigenvalue weighted by Gasteiger charge is -2.07. The number of aldehydes is 1. The number of hydrogen-bond acceptors (Lipinski definition) is 4. The Kier molecular flexibility index (Phi) is 3.93. The van der Waals surface area contributed by atoms with E-state index >= 15 is 0 Å². The molecule has 1 heterocycles. The molecular formula is C13H8Cl2O4. The molecular weight excluding hydrogens is 291 g/mol. The fraction of sp³-hybridized carbons (Fsp3) is 0.0769. The van der Waals surface area contributed by atoms with Gasteiger partial charge in [-0.15, -0.1) is 0 Å². The smallest absolute Gasteiger partial charge is 0.338 e. The maximum atomic E-state index is 11.7. The van der Waals surface area contributed by atoms with E-state index in [1.165, 1.54) is 25.3 Å². The van der Waals surface area contributed by atoms with E-state index in [-0.39, 0.29) is 21.4 Å². The molecule has 0 amide bonds. The van der Waals surface area contributed by atoms with Crippen LogP contribution in [-0.2, 0) is 4.74 Å². The van der Waals surface area contributed by atoms with Crippen LogP contribution in [0.5, 0.6) is 0 Å². The fourth-order valence-electron chi connectivity index (χ4n) is 1.59. The summed E-state index contributed by atoms with van der Waals surface area (Å²) in [5.41, 5.74) is 0.623. The molecule has 6 heteroatoms. The average Bonchev–Trinajstić information content (AvgIpc) is 2.89. The van der Waals surface area contributed by atoms with Crippen molar-refractivity contribution in [3.05, 3.63) is 45.6 Å². The third-order valence-corrected chi connectivity index (χ3v) is 3.20. The molecule has 0 atom stereocenters. The molecule has 0 saturated heterocycles. The number of carbonyl (C=O) groups is 2. The molecule has 0 aliphatic rings. The van der Waals surface area contributed by atoms with Crippen molar-refractivity contribution in [2.24, 2.45) is 0 Å². The van der Waals surface area contributed by atoms with Gasteiger partial charge < -0.3 is 9.15 Å². The zero-order valence-electron chi connectivity index (χ0n) is 9.78. The van der Waals surface area contributed by atoms with Crippen LogP contribution in [0.4, 0.5) is 0 Å². The van der Waals surface area contributed by atoms with Gasteiger partial charge in [0.05, 0.1) is 22.7 Å². The number of benzene rings is 1. The van der Waals surface area contributed by atoms with Crippen LogP contribution in [0, 0.1) is 0 Å². The first-order chi connectivity index (χ1) is 9.06. The molecule has 19 heavy (non-hydrogen) atoms. The second kappa shape index (κ2) is 5.47. The summed E-state index contributed by atoms with van der Waals surface area (Å²) < 4.78 is 9.95. The topological polar surface area (TPSA) is 56.5 Å². The van der Waals surface area contributed by atoms with Crippen LogP contribution in [0.25, 0.3) is 11.3 Å². The first kappa shape index (κ1) is 13.6. The Balaban J connectivity index is 2.63. The molecule has 0 radical (unpaired) electrons. The predicted octanol–water partition coefficient (Wildman–Crippen LogP) is 3.85. The summed E-state index contributed by atoms with van der Waals surface area (Å²) in [6, 6.07) is 5.94. The summed E-state index contributed by atoms with van der Waals surface area (Å²) in [7, 11) is 1.26. The van der Waals surface area contributed by atoms with Crippen molar-refractivity contribution in [3.8, 4) is 11.3 Å². The molecule has 0 spiro atoms. The highest BCUT2D eigenvalue weighted by molar-refractivity contribution is 6.42. The first-order valence-corrected chi connectivity index (χ1v) is 5.95. The molecule has 0 fully saturated rings. The standard InChI is InChI=1S/C13H8Cl2O4/c1-18-13(17)9-5-11(15)10(14)4-8(9)12-3-2-7(6-16)19-12/h2-6H,1H3. The van der Waals surface area contributed by atoms with Crippen LogP contribution in [-0.4, -0.2) is 19.4 Å². The molecule has 1 aromatic carbocycles. The van der Waals surface area contributed by atoms with Gasteiger partial charge in [-0.2, -0.15) is 0 Å². The summed E-state index contributed by atoms with van der Waals surface area (Å²) in [4.78, 5) is 22.3. The Morgan fingerprint density at radius 1 is 1.26 bits per heavy atom. The number of methoxy groups -OCH3 is 1. The normalized spacial score (nSPS) is 10.3. The van der Waals surface area contributed by atoms with E-state index in [9.17, 15) is 9.59 Å². The number of esters is 1. The average molecular weight is 299 g/mol. The summed E-state index contributed by atoms with van der Waals surface area (Å²) in [6.07, 6.45) is 0.568. The number of halogens is 2. The van der Waals surface area contributed by atoms with Gasteiger partial charge in [-0.3, -0.25) is 4.79 Å². The minimum Gasteiger partial charge on any atom is -0.465 e. The molecule has 4 nitrogen and oxygen atoms in total. The quantitative estimate of drug-likeness (QED) is 0.638. The highest BCUT2D eigenvalue weighted by Gasteiger charge is 2.18. The largest absolute Gasteiger partial charge is 0.465 e. The molecule has 0 aliphatic carbocycles. The van der Waals surface area contributed by atoms with Crippen LogP contribution in [0.1, 0.15) is 20.9 Å². The van der Waals surface area contributed by atoms with Gasteiger partial charge in [0.15, 0.2) is 12.0 Å². The fourth-order valence-corrected chi connectivity index (χ4v) is 1.92. The highest BCUT2D eigenvalue weighted by atomic mass is 35.5. The maximum Gasteiger partial charge on any atom is 0.338 e. The molecule has 0 bridgehead atoms. The van der Waals surface area contributed by atoms with E-state index in [1.54, 1.807) is 6.07 Å². The van der Waals surface area contributed by atoms with Crippen LogP contribution >= 0.6 is 23.2 Å². The summed E-state index contributed by atoms with van der Waals surface area (Å²) in [6.45, 7) is 0. The van der Waals surface area contributed by atoms with Gasteiger partial charge >= 0.3 is 5.97 Å². The maximum absolute atomic E-state index is 11.7. The second-order valence-electron chi connectivity index (χ2n) is 3.62. The van der Waals surface area contributed by atoms with Gasteiger partial charge in [-0.05, 0) is 24.3 Å². The van der Waals surface area contributed by atoms with Crippen LogP contribution in [0.2, 0.25) is 10.0 Å². The van der Waals surface area contributed by atoms with E-state index in [4.69, 9.17) is 27.6 Å². The number of furan rings is 1. The summed E-state index contributed by atoms with van der Waals surface area (Å²) in [5.74, 6) is -0.0874. The summed E-state index contributed by atoms with van der Waals surface area (Å²) >= 11 is 11.8. The van der Waals surface area contributed by atoms with Gasteiger partial charge in [0.2, 0.25) is 0 Å². The van der Waals surface area contributed by atoms with Gasteiger partial charge in [0, 0.05) is 5.56 Å². The minimum atomic E-state index is -0.572. The molecule has 2 rings (SSSR count). The lowest BCUT2D eigenvalue weighted by atomic mass is 10.1. The van der Waals surface area contributed by atoms with Crippen molar-refractivity contribution >= 4 is 35.5 Å². The Morgan fingerprint density at radius 2 is 1.95 bits per heavy atom. The number of carbonyl (C=O) groups excluding carboxylic acids is 2. The monoisotopic (exact) mass is 298 g/mol. The first-order valence-electron chi connectivity index (χ1n) is 5.19. The van der Waals surface area contributed by atoms with Crippen molar-refractivity contribution in [1.29, 1.82) is 0 Å². The van der Waals surface area contributed by atoms with Crippen molar-refractivity contribution in [1.82, 2.24) is 0 Å². The van der Waals surface area contributed by atoms with Crippen molar-refractivity contribution in [2.75, 3.05) is 7.11 Å². The van der Waals surface area contributed by atoms with Crippen molar-refractivity contribution < 1.29 is 18.7 Å². The Hall–Kier alpha value is -1.78. The Bertz CT molecular complexity index is 646. The highest BCUT2D eigenvalue weighted by Crippen LogP contribution is 2.33. The zero-order chi connectivity index (χ0) is 14.0. The van der Waals surface area contributed by atoms with Crippen LogP contribution < -0.4 is 0 Å². The Labute approximate surface area is 118 Å². The van der Waals surface area contributed by atoms with Crippen molar-refractivity contribution in [2.45, 2.75) is 0 Å². The SMILES string of the molecule is COC(=O)c1cc(Cl)c(Cl)cc1-c1ccc(C=O)o1. The van der Waals surface area contributed by atoms with Gasteiger partial charge in [0.25, 0.3) is 0 Å². The van der Waals surface area contributed by atoms with Gasteiger partial charge in [-0.1, -0.05) is 23.2 Å². The van der Waals surface area contributed by atoms with Gasteiger partial charge in [0.1, 0.15) is 5.76 Å². The van der Waals surface area contributed by atoms with E-state index < -0.39 is 5.97 Å². The van der Waals surface area contributed by atoms with Crippen LogP contribution in [0.15, 0.2) is 28.7 Å². The molecule has 0 aliphatic heterocycles.